The van der Waals surface area contributed by atoms with Crippen molar-refractivity contribution in [2.24, 2.45) is 10.8 Å². The van der Waals surface area contributed by atoms with E-state index in [4.69, 9.17) is 10.2 Å². The molecule has 0 radical (unpaired) electrons. The van der Waals surface area contributed by atoms with Crippen LogP contribution >= 0.6 is 0 Å². The van der Waals surface area contributed by atoms with E-state index in [0.29, 0.717) is 0 Å². The first kappa shape index (κ1) is 24.9. The van der Waals surface area contributed by atoms with E-state index in [0.717, 1.165) is 25.7 Å². The van der Waals surface area contributed by atoms with Crippen molar-refractivity contribution in [3.63, 3.8) is 0 Å². The minimum Gasteiger partial charge on any atom is -0.481 e. The fourth-order valence-electron chi connectivity index (χ4n) is 3.62. The molecule has 26 heavy (non-hydrogen) atoms. The third-order valence-corrected chi connectivity index (χ3v) is 5.22. The Kier molecular flexibility index (Phi) is 12.6. The average molecular weight is 371 g/mol. The van der Waals surface area contributed by atoms with E-state index >= 15 is 0 Å². The van der Waals surface area contributed by atoms with Crippen molar-refractivity contribution < 1.29 is 19.8 Å². The Labute approximate surface area is 160 Å². The second-order valence-electron chi connectivity index (χ2n) is 9.50. The second-order valence-corrected chi connectivity index (χ2v) is 9.50. The van der Waals surface area contributed by atoms with Crippen LogP contribution in [0.3, 0.4) is 0 Å². The van der Waals surface area contributed by atoms with Crippen molar-refractivity contribution >= 4 is 11.9 Å². The Morgan fingerprint density at radius 3 is 1.00 bits per heavy atom. The fourth-order valence-corrected chi connectivity index (χ4v) is 3.62. The quantitative estimate of drug-likeness (QED) is 0.280. The molecule has 0 rings (SSSR count). The van der Waals surface area contributed by atoms with Gasteiger partial charge in [-0.15, -0.1) is 0 Å². The number of rotatable bonds is 17. The molecule has 154 valence electrons. The lowest BCUT2D eigenvalue weighted by molar-refractivity contribution is -0.140. The number of unbranched alkanes of at least 4 members (excludes halogenated alkanes) is 9. The van der Waals surface area contributed by atoms with Gasteiger partial charge in [0.25, 0.3) is 0 Å². The Morgan fingerprint density at radius 2 is 0.769 bits per heavy atom. The molecule has 4 nitrogen and oxygen atoms in total. The van der Waals surface area contributed by atoms with Gasteiger partial charge in [0, 0.05) is 0 Å². The van der Waals surface area contributed by atoms with Crippen LogP contribution in [0.5, 0.6) is 0 Å². The van der Waals surface area contributed by atoms with Gasteiger partial charge in [0.2, 0.25) is 0 Å². The summed E-state index contributed by atoms with van der Waals surface area (Å²) in [7, 11) is 0. The molecule has 0 aromatic rings. The number of carboxylic acid groups (broad SMARTS) is 2. The van der Waals surface area contributed by atoms with Crippen LogP contribution in [0.15, 0.2) is 0 Å². The summed E-state index contributed by atoms with van der Waals surface area (Å²) >= 11 is 0. The van der Waals surface area contributed by atoms with Crippen molar-refractivity contribution in [2.45, 2.75) is 118 Å². The highest BCUT2D eigenvalue weighted by atomic mass is 16.4. The number of carboxylic acids is 2. The van der Waals surface area contributed by atoms with Crippen LogP contribution in [0.1, 0.15) is 118 Å². The summed E-state index contributed by atoms with van der Waals surface area (Å²) in [6, 6.07) is 0. The molecule has 0 atom stereocenters. The van der Waals surface area contributed by atoms with Crippen LogP contribution in [-0.4, -0.2) is 22.2 Å². The molecule has 2 N–H and O–H groups in total. The van der Waals surface area contributed by atoms with E-state index < -0.39 is 11.9 Å². The monoisotopic (exact) mass is 370 g/mol. The molecule has 0 heterocycles. The van der Waals surface area contributed by atoms with E-state index in [1.165, 1.54) is 51.4 Å². The molecule has 0 aromatic carbocycles. The second kappa shape index (κ2) is 13.2. The minimum atomic E-state index is -0.694. The summed E-state index contributed by atoms with van der Waals surface area (Å²) in [5.74, 6) is -1.39. The van der Waals surface area contributed by atoms with Crippen molar-refractivity contribution in [2.75, 3.05) is 0 Å². The normalized spacial score (nSPS) is 12.3. The maximum Gasteiger partial charge on any atom is 0.303 e. The maximum absolute atomic E-state index is 10.8. The molecule has 4 heteroatoms. The van der Waals surface area contributed by atoms with Crippen molar-refractivity contribution in [1.29, 1.82) is 0 Å². The first-order chi connectivity index (χ1) is 12.0. The summed E-state index contributed by atoms with van der Waals surface area (Å²) < 4.78 is 0. The molecular weight excluding hydrogens is 328 g/mol. The molecule has 0 aliphatic carbocycles. The van der Waals surface area contributed by atoms with Crippen LogP contribution in [-0.2, 0) is 9.59 Å². The molecular formula is C22H42O4. The molecule has 0 fully saturated rings. The zero-order valence-electron chi connectivity index (χ0n) is 17.6. The summed E-state index contributed by atoms with van der Waals surface area (Å²) in [6.07, 6.45) is 14.9. The van der Waals surface area contributed by atoms with E-state index in [1.807, 2.05) is 27.7 Å². The molecule has 0 aromatic heterocycles. The Balaban J connectivity index is 3.42. The highest BCUT2D eigenvalue weighted by molar-refractivity contribution is 5.67. The highest BCUT2D eigenvalue weighted by Gasteiger charge is 2.21. The predicted octanol–water partition coefficient (Wildman–Crippen LogP) is 6.67. The van der Waals surface area contributed by atoms with Gasteiger partial charge in [0.1, 0.15) is 0 Å². The average Bonchev–Trinajstić information content (AvgIpc) is 2.45. The number of carbonyl (C=O) groups is 2. The SMILES string of the molecule is CC(C)(CCCCCCCCCCCCC(C)(C)CC(=O)O)CC(=O)O. The van der Waals surface area contributed by atoms with Gasteiger partial charge >= 0.3 is 11.9 Å². The van der Waals surface area contributed by atoms with Gasteiger partial charge in [0.05, 0.1) is 12.8 Å². The van der Waals surface area contributed by atoms with Gasteiger partial charge < -0.3 is 10.2 Å². The summed E-state index contributed by atoms with van der Waals surface area (Å²) in [5.41, 5.74) is -0.157. The third-order valence-electron chi connectivity index (χ3n) is 5.22. The molecule has 0 aliphatic heterocycles. The maximum atomic E-state index is 10.8. The smallest absolute Gasteiger partial charge is 0.303 e. The van der Waals surface area contributed by atoms with Gasteiger partial charge in [-0.2, -0.15) is 0 Å². The largest absolute Gasteiger partial charge is 0.481 e. The first-order valence-corrected chi connectivity index (χ1v) is 10.5. The Bertz CT molecular complexity index is 361. The lowest BCUT2D eigenvalue weighted by Gasteiger charge is -2.22. The number of hydrogen-bond donors (Lipinski definition) is 2. The van der Waals surface area contributed by atoms with Gasteiger partial charge in [-0.05, 0) is 23.7 Å². The van der Waals surface area contributed by atoms with Gasteiger partial charge in [-0.1, -0.05) is 91.9 Å². The Hall–Kier alpha value is -1.06. The molecule has 0 saturated carbocycles. The van der Waals surface area contributed by atoms with E-state index in [-0.39, 0.29) is 23.7 Å². The molecule has 0 amide bonds. The lowest BCUT2D eigenvalue weighted by atomic mass is 9.83. The van der Waals surface area contributed by atoms with Crippen LogP contribution in [0, 0.1) is 10.8 Å². The molecule has 0 spiro atoms. The van der Waals surface area contributed by atoms with Gasteiger partial charge in [-0.3, -0.25) is 9.59 Å². The summed E-state index contributed by atoms with van der Waals surface area (Å²) in [6.45, 7) is 8.18. The highest BCUT2D eigenvalue weighted by Crippen LogP contribution is 2.29. The van der Waals surface area contributed by atoms with Crippen LogP contribution in [0.25, 0.3) is 0 Å². The predicted molar refractivity (Wildman–Crippen MR) is 107 cm³/mol. The third kappa shape index (κ3) is 16.4. The molecule has 0 aliphatic rings. The molecule has 0 saturated heterocycles. The lowest BCUT2D eigenvalue weighted by Crippen LogP contribution is -2.16. The summed E-state index contributed by atoms with van der Waals surface area (Å²) in [5, 5.41) is 17.8. The standard InChI is InChI=1S/C22H42O4/c1-21(2,17-19(23)24)15-13-11-9-7-5-6-8-10-12-14-16-22(3,4)18-20(25)26/h5-18H2,1-4H3,(H,23,24)(H,25,26). The van der Waals surface area contributed by atoms with Gasteiger partial charge in [0.15, 0.2) is 0 Å². The van der Waals surface area contributed by atoms with Crippen LogP contribution in [0.2, 0.25) is 0 Å². The van der Waals surface area contributed by atoms with Crippen LogP contribution in [0.4, 0.5) is 0 Å². The summed E-state index contributed by atoms with van der Waals surface area (Å²) in [4.78, 5) is 21.6. The van der Waals surface area contributed by atoms with Crippen molar-refractivity contribution in [3.05, 3.63) is 0 Å². The molecule has 0 bridgehead atoms. The van der Waals surface area contributed by atoms with Gasteiger partial charge in [-0.25, -0.2) is 0 Å². The van der Waals surface area contributed by atoms with Crippen molar-refractivity contribution in [3.8, 4) is 0 Å². The number of aliphatic carboxylic acids is 2. The zero-order chi connectivity index (χ0) is 20.1. The van der Waals surface area contributed by atoms with E-state index in [2.05, 4.69) is 0 Å². The number of hydrogen-bond acceptors (Lipinski definition) is 2. The topological polar surface area (TPSA) is 74.6 Å². The van der Waals surface area contributed by atoms with Crippen LogP contribution < -0.4 is 0 Å². The first-order valence-electron chi connectivity index (χ1n) is 10.5. The minimum absolute atomic E-state index is 0.0785. The fraction of sp³-hybridized carbons (Fsp3) is 0.909. The Morgan fingerprint density at radius 1 is 0.538 bits per heavy atom. The van der Waals surface area contributed by atoms with Crippen molar-refractivity contribution in [1.82, 2.24) is 0 Å². The van der Waals surface area contributed by atoms with E-state index in [1.54, 1.807) is 0 Å². The van der Waals surface area contributed by atoms with E-state index in [9.17, 15) is 9.59 Å². The zero-order valence-corrected chi connectivity index (χ0v) is 17.6. The molecule has 0 unspecified atom stereocenters.